The molecule has 1 aromatic heterocycles. The van der Waals surface area contributed by atoms with E-state index in [9.17, 15) is 4.79 Å². The number of hydrogen-bond acceptors (Lipinski definition) is 3. The average Bonchev–Trinajstić information content (AvgIpc) is 3.32. The number of carbonyl (C=O) groups excluding carboxylic acids is 1. The van der Waals surface area contributed by atoms with Crippen LogP contribution in [0.25, 0.3) is 0 Å². The molecule has 2 aromatic carbocycles. The SMILES string of the molecule is O=C(c1ccc(Cl)cc1)N1N=C(c2ccccc2)C[C@@H]1c1ccco1. The van der Waals surface area contributed by atoms with E-state index in [0.717, 1.165) is 17.0 Å². The van der Waals surface area contributed by atoms with Crippen LogP contribution in [0.15, 0.2) is 82.5 Å². The molecular weight excluding hydrogens is 336 g/mol. The third-order valence-electron chi connectivity index (χ3n) is 4.19. The van der Waals surface area contributed by atoms with E-state index in [4.69, 9.17) is 16.0 Å². The van der Waals surface area contributed by atoms with Gasteiger partial charge in [0.25, 0.3) is 5.91 Å². The first-order valence-corrected chi connectivity index (χ1v) is 8.35. The van der Waals surface area contributed by atoms with Crippen molar-refractivity contribution in [2.75, 3.05) is 0 Å². The molecule has 0 saturated carbocycles. The lowest BCUT2D eigenvalue weighted by molar-refractivity contribution is 0.0693. The van der Waals surface area contributed by atoms with E-state index >= 15 is 0 Å². The first kappa shape index (κ1) is 15.7. The van der Waals surface area contributed by atoms with Gasteiger partial charge in [0, 0.05) is 17.0 Å². The standard InChI is InChI=1S/C20H15ClN2O2/c21-16-10-8-15(9-11-16)20(24)23-18(19-7-4-12-25-19)13-17(22-23)14-5-2-1-3-6-14/h1-12,18H,13H2/t18-/m1/s1. The number of furan rings is 1. The van der Waals surface area contributed by atoms with E-state index in [1.807, 2.05) is 42.5 Å². The molecule has 0 aliphatic carbocycles. The smallest absolute Gasteiger partial charge is 0.274 e. The van der Waals surface area contributed by atoms with Crippen molar-refractivity contribution < 1.29 is 9.21 Å². The molecule has 0 unspecified atom stereocenters. The average molecular weight is 351 g/mol. The summed E-state index contributed by atoms with van der Waals surface area (Å²) in [6, 6.07) is 20.1. The third-order valence-corrected chi connectivity index (χ3v) is 4.44. The molecule has 1 aliphatic heterocycles. The molecule has 3 aromatic rings. The Hall–Kier alpha value is -2.85. The Morgan fingerprint density at radius 3 is 2.48 bits per heavy atom. The molecular formula is C20H15ClN2O2. The Balaban J connectivity index is 1.71. The van der Waals surface area contributed by atoms with Crippen LogP contribution in [0, 0.1) is 0 Å². The van der Waals surface area contributed by atoms with Crippen LogP contribution in [-0.4, -0.2) is 16.6 Å². The second-order valence-electron chi connectivity index (χ2n) is 5.80. The van der Waals surface area contributed by atoms with E-state index in [-0.39, 0.29) is 11.9 Å². The maximum absolute atomic E-state index is 13.0. The van der Waals surface area contributed by atoms with Crippen molar-refractivity contribution in [2.24, 2.45) is 5.10 Å². The normalized spacial score (nSPS) is 16.8. The number of benzene rings is 2. The van der Waals surface area contributed by atoms with Gasteiger partial charge in [0.05, 0.1) is 12.0 Å². The zero-order valence-electron chi connectivity index (χ0n) is 13.3. The van der Waals surface area contributed by atoms with Crippen LogP contribution >= 0.6 is 11.6 Å². The summed E-state index contributed by atoms with van der Waals surface area (Å²) in [4.78, 5) is 13.0. The largest absolute Gasteiger partial charge is 0.467 e. The summed E-state index contributed by atoms with van der Waals surface area (Å²) in [6.45, 7) is 0. The van der Waals surface area contributed by atoms with Gasteiger partial charge < -0.3 is 4.42 Å². The summed E-state index contributed by atoms with van der Waals surface area (Å²) in [5, 5.41) is 6.70. The van der Waals surface area contributed by atoms with Gasteiger partial charge in [-0.3, -0.25) is 4.79 Å². The van der Waals surface area contributed by atoms with Crippen LogP contribution in [-0.2, 0) is 0 Å². The minimum atomic E-state index is -0.256. The molecule has 0 bridgehead atoms. The number of hydrazone groups is 1. The van der Waals surface area contributed by atoms with Crippen LogP contribution in [0.5, 0.6) is 0 Å². The van der Waals surface area contributed by atoms with Crippen molar-refractivity contribution >= 4 is 23.2 Å². The number of rotatable bonds is 3. The Morgan fingerprint density at radius 1 is 1.04 bits per heavy atom. The summed E-state index contributed by atoms with van der Waals surface area (Å²) in [5.41, 5.74) is 2.41. The topological polar surface area (TPSA) is 45.8 Å². The van der Waals surface area contributed by atoms with Crippen LogP contribution < -0.4 is 0 Å². The van der Waals surface area contributed by atoms with E-state index in [1.165, 1.54) is 5.01 Å². The quantitative estimate of drug-likeness (QED) is 0.672. The summed E-state index contributed by atoms with van der Waals surface area (Å²) in [5.74, 6) is 0.543. The predicted molar refractivity (Wildman–Crippen MR) is 96.7 cm³/mol. The highest BCUT2D eigenvalue weighted by atomic mass is 35.5. The minimum Gasteiger partial charge on any atom is -0.467 e. The van der Waals surface area contributed by atoms with Gasteiger partial charge in [-0.15, -0.1) is 0 Å². The van der Waals surface area contributed by atoms with Crippen LogP contribution in [0.4, 0.5) is 0 Å². The van der Waals surface area contributed by atoms with Gasteiger partial charge in [0.15, 0.2) is 0 Å². The second-order valence-corrected chi connectivity index (χ2v) is 6.24. The van der Waals surface area contributed by atoms with Gasteiger partial charge in [-0.05, 0) is 42.0 Å². The minimum absolute atomic E-state index is 0.177. The van der Waals surface area contributed by atoms with Crippen molar-refractivity contribution in [1.29, 1.82) is 0 Å². The highest BCUT2D eigenvalue weighted by Crippen LogP contribution is 2.34. The fourth-order valence-electron chi connectivity index (χ4n) is 2.93. The van der Waals surface area contributed by atoms with Crippen molar-refractivity contribution in [3.63, 3.8) is 0 Å². The molecule has 0 spiro atoms. The number of amides is 1. The third kappa shape index (κ3) is 3.08. The van der Waals surface area contributed by atoms with E-state index in [0.29, 0.717) is 17.0 Å². The lowest BCUT2D eigenvalue weighted by Crippen LogP contribution is -2.26. The zero-order valence-corrected chi connectivity index (χ0v) is 14.1. The lowest BCUT2D eigenvalue weighted by Gasteiger charge is -2.19. The first-order chi connectivity index (χ1) is 12.2. The maximum atomic E-state index is 13.0. The zero-order chi connectivity index (χ0) is 17.2. The number of carbonyl (C=O) groups is 1. The maximum Gasteiger partial charge on any atom is 0.274 e. The van der Waals surface area contributed by atoms with Gasteiger partial charge in [0.2, 0.25) is 0 Å². The fourth-order valence-corrected chi connectivity index (χ4v) is 3.06. The van der Waals surface area contributed by atoms with Gasteiger partial charge >= 0.3 is 0 Å². The molecule has 124 valence electrons. The molecule has 4 rings (SSSR count). The first-order valence-electron chi connectivity index (χ1n) is 7.98. The molecule has 0 N–H and O–H groups in total. The van der Waals surface area contributed by atoms with E-state index in [2.05, 4.69) is 5.10 Å². The Labute approximate surface area is 150 Å². The van der Waals surface area contributed by atoms with E-state index < -0.39 is 0 Å². The summed E-state index contributed by atoms with van der Waals surface area (Å²) >= 11 is 5.92. The van der Waals surface area contributed by atoms with Gasteiger partial charge in [-0.2, -0.15) is 5.10 Å². The highest BCUT2D eigenvalue weighted by Gasteiger charge is 2.35. The lowest BCUT2D eigenvalue weighted by atomic mass is 10.0. The molecule has 0 saturated heterocycles. The molecule has 1 amide bonds. The van der Waals surface area contributed by atoms with Crippen molar-refractivity contribution in [3.05, 3.63) is 94.9 Å². The van der Waals surface area contributed by atoms with Crippen molar-refractivity contribution in [3.8, 4) is 0 Å². The van der Waals surface area contributed by atoms with Crippen LogP contribution in [0.1, 0.15) is 34.1 Å². The van der Waals surface area contributed by atoms with Gasteiger partial charge in [0.1, 0.15) is 11.8 Å². The number of hydrogen-bond donors (Lipinski definition) is 0. The summed E-state index contributed by atoms with van der Waals surface area (Å²) in [6.07, 6.45) is 2.22. The van der Waals surface area contributed by atoms with Gasteiger partial charge in [-0.1, -0.05) is 41.9 Å². The molecule has 0 radical (unpaired) electrons. The Bertz CT molecular complexity index is 903. The molecule has 4 nitrogen and oxygen atoms in total. The molecule has 0 fully saturated rings. The second kappa shape index (κ2) is 6.57. The van der Waals surface area contributed by atoms with Crippen LogP contribution in [0.2, 0.25) is 5.02 Å². The van der Waals surface area contributed by atoms with Crippen molar-refractivity contribution in [2.45, 2.75) is 12.5 Å². The molecule has 5 heteroatoms. The number of halogens is 1. The predicted octanol–water partition coefficient (Wildman–Crippen LogP) is 4.92. The molecule has 1 aliphatic rings. The van der Waals surface area contributed by atoms with Crippen molar-refractivity contribution in [1.82, 2.24) is 5.01 Å². The molecule has 1 atom stereocenters. The Kier molecular flexibility index (Phi) is 4.12. The monoisotopic (exact) mass is 350 g/mol. The summed E-state index contributed by atoms with van der Waals surface area (Å²) < 4.78 is 5.55. The highest BCUT2D eigenvalue weighted by molar-refractivity contribution is 6.30. The Morgan fingerprint density at radius 2 is 1.80 bits per heavy atom. The molecule has 25 heavy (non-hydrogen) atoms. The number of nitrogens with zero attached hydrogens (tertiary/aromatic N) is 2. The molecule has 2 heterocycles. The van der Waals surface area contributed by atoms with Gasteiger partial charge in [-0.25, -0.2) is 5.01 Å². The van der Waals surface area contributed by atoms with E-state index in [1.54, 1.807) is 30.5 Å². The summed E-state index contributed by atoms with van der Waals surface area (Å²) in [7, 11) is 0. The fraction of sp³-hybridized carbons (Fsp3) is 0.100. The van der Waals surface area contributed by atoms with Crippen LogP contribution in [0.3, 0.4) is 0 Å².